The van der Waals surface area contributed by atoms with Crippen LogP contribution in [0.25, 0.3) is 0 Å². The van der Waals surface area contributed by atoms with E-state index in [1.165, 1.54) is 6.20 Å². The van der Waals surface area contributed by atoms with E-state index in [-0.39, 0.29) is 0 Å². The Morgan fingerprint density at radius 1 is 1.44 bits per heavy atom. The Balaban J connectivity index is 3.88. The summed E-state index contributed by atoms with van der Waals surface area (Å²) in [4.78, 5) is 3.81. The molecule has 0 radical (unpaired) electrons. The van der Waals surface area contributed by atoms with E-state index >= 15 is 0 Å². The van der Waals surface area contributed by atoms with Crippen LogP contribution < -0.4 is 0 Å². The van der Waals surface area contributed by atoms with E-state index < -0.39 is 0 Å². The topological polar surface area (TPSA) is 12.4 Å². The lowest BCUT2D eigenvalue weighted by Gasteiger charge is -1.82. The van der Waals surface area contributed by atoms with Gasteiger partial charge in [0.15, 0.2) is 0 Å². The molecule has 0 aromatic heterocycles. The third-order valence-corrected chi connectivity index (χ3v) is 0.764. The van der Waals surface area contributed by atoms with E-state index in [9.17, 15) is 0 Å². The molecule has 0 bridgehead atoms. The van der Waals surface area contributed by atoms with E-state index in [0.717, 1.165) is 5.57 Å². The van der Waals surface area contributed by atoms with Crippen molar-refractivity contribution in [1.29, 1.82) is 0 Å². The summed E-state index contributed by atoms with van der Waals surface area (Å²) in [5.41, 5.74) is 1.07. The fraction of sp³-hybridized carbons (Fsp3) is 0.125. The zero-order valence-electron chi connectivity index (χ0n) is 5.67. The normalized spacial score (nSPS) is 11.9. The van der Waals surface area contributed by atoms with Gasteiger partial charge in [-0.05, 0) is 12.5 Å². The van der Waals surface area contributed by atoms with Crippen molar-refractivity contribution < 1.29 is 0 Å². The molecule has 0 amide bonds. The van der Waals surface area contributed by atoms with Gasteiger partial charge in [0.2, 0.25) is 0 Å². The number of hydrogen-bond donors (Lipinski definition) is 0. The van der Waals surface area contributed by atoms with Crippen LogP contribution in [0.4, 0.5) is 0 Å². The molecule has 0 fully saturated rings. The number of allylic oxidation sites excluding steroid dienone is 3. The van der Waals surface area contributed by atoms with Crippen molar-refractivity contribution in [2.24, 2.45) is 4.99 Å². The average molecular weight is 121 g/mol. The minimum absolute atomic E-state index is 1.07. The van der Waals surface area contributed by atoms with Crippen LogP contribution >= 0.6 is 0 Å². The highest BCUT2D eigenvalue weighted by atomic mass is 14.6. The lowest BCUT2D eigenvalue weighted by Crippen LogP contribution is -1.72. The van der Waals surface area contributed by atoms with Crippen LogP contribution in [0.15, 0.2) is 42.1 Å². The molecule has 0 heterocycles. The maximum absolute atomic E-state index is 3.81. The third kappa shape index (κ3) is 4.75. The van der Waals surface area contributed by atoms with Crippen molar-refractivity contribution in [3.05, 3.63) is 37.1 Å². The van der Waals surface area contributed by atoms with Crippen LogP contribution in [0.3, 0.4) is 0 Å². The minimum atomic E-state index is 1.07. The molecule has 0 unspecified atom stereocenters. The first-order chi connectivity index (χ1) is 4.31. The van der Waals surface area contributed by atoms with Crippen molar-refractivity contribution in [3.8, 4) is 0 Å². The fourth-order valence-corrected chi connectivity index (χ4v) is 0.399. The SMILES string of the molecule is C=C/C=C(C)\C=N/C=C. The first-order valence-electron chi connectivity index (χ1n) is 2.74. The van der Waals surface area contributed by atoms with Gasteiger partial charge in [-0.15, -0.1) is 0 Å². The van der Waals surface area contributed by atoms with E-state index in [1.807, 2.05) is 13.0 Å². The molecule has 0 aromatic rings. The zero-order valence-corrected chi connectivity index (χ0v) is 5.67. The third-order valence-electron chi connectivity index (χ3n) is 0.764. The van der Waals surface area contributed by atoms with Crippen LogP contribution in [0, 0.1) is 0 Å². The van der Waals surface area contributed by atoms with Gasteiger partial charge in [0, 0.05) is 12.4 Å². The lowest BCUT2D eigenvalue weighted by molar-refractivity contribution is 1.55. The molecule has 1 nitrogen and oxygen atoms in total. The van der Waals surface area contributed by atoms with Crippen molar-refractivity contribution >= 4 is 6.21 Å². The smallest absolute Gasteiger partial charge is 0.0296 e. The van der Waals surface area contributed by atoms with Gasteiger partial charge in [0.25, 0.3) is 0 Å². The first-order valence-corrected chi connectivity index (χ1v) is 2.74. The number of aliphatic imine (C=N–C) groups is 1. The molecule has 0 saturated heterocycles. The molecule has 0 N–H and O–H groups in total. The standard InChI is InChI=1S/C8H11N/c1-4-6-8(3)7-9-5-2/h4-7H,1-2H2,3H3/b8-6-,9-7-. The summed E-state index contributed by atoms with van der Waals surface area (Å²) in [6.45, 7) is 8.94. The molecular formula is C8H11N. The van der Waals surface area contributed by atoms with Gasteiger partial charge in [0.1, 0.15) is 0 Å². The van der Waals surface area contributed by atoms with Gasteiger partial charge < -0.3 is 0 Å². The molecule has 0 aliphatic carbocycles. The number of hydrogen-bond acceptors (Lipinski definition) is 1. The van der Waals surface area contributed by atoms with E-state index in [0.29, 0.717) is 0 Å². The Hall–Kier alpha value is -1.11. The summed E-state index contributed by atoms with van der Waals surface area (Å²) in [6, 6.07) is 0. The largest absolute Gasteiger partial charge is 0.265 e. The van der Waals surface area contributed by atoms with Crippen LogP contribution in [-0.4, -0.2) is 6.21 Å². The van der Waals surface area contributed by atoms with E-state index in [1.54, 1.807) is 12.3 Å². The van der Waals surface area contributed by atoms with Crippen LogP contribution in [0.2, 0.25) is 0 Å². The molecule has 0 aromatic carbocycles. The second-order valence-corrected chi connectivity index (χ2v) is 1.61. The van der Waals surface area contributed by atoms with Crippen molar-refractivity contribution in [3.63, 3.8) is 0 Å². The number of nitrogens with zero attached hydrogens (tertiary/aromatic N) is 1. The van der Waals surface area contributed by atoms with Gasteiger partial charge in [-0.1, -0.05) is 25.3 Å². The summed E-state index contributed by atoms with van der Waals surface area (Å²) < 4.78 is 0. The highest BCUT2D eigenvalue weighted by Crippen LogP contribution is 1.86. The second kappa shape index (κ2) is 5.04. The molecule has 48 valence electrons. The molecular weight excluding hydrogens is 110 g/mol. The van der Waals surface area contributed by atoms with E-state index in [2.05, 4.69) is 18.2 Å². The molecule has 0 spiro atoms. The summed E-state index contributed by atoms with van der Waals surface area (Å²) in [7, 11) is 0. The summed E-state index contributed by atoms with van der Waals surface area (Å²) in [6.07, 6.45) is 6.84. The fourth-order valence-electron chi connectivity index (χ4n) is 0.399. The lowest BCUT2D eigenvalue weighted by atomic mass is 10.3. The zero-order chi connectivity index (χ0) is 7.11. The predicted octanol–water partition coefficient (Wildman–Crippen LogP) is 2.33. The maximum Gasteiger partial charge on any atom is 0.0296 e. The van der Waals surface area contributed by atoms with Crippen LogP contribution in [0.5, 0.6) is 0 Å². The highest BCUT2D eigenvalue weighted by Gasteiger charge is 1.74. The summed E-state index contributed by atoms with van der Waals surface area (Å²) >= 11 is 0. The Labute approximate surface area is 56.1 Å². The Morgan fingerprint density at radius 3 is 2.56 bits per heavy atom. The van der Waals surface area contributed by atoms with Gasteiger partial charge in [-0.25, -0.2) is 0 Å². The van der Waals surface area contributed by atoms with E-state index in [4.69, 9.17) is 0 Å². The van der Waals surface area contributed by atoms with Gasteiger partial charge >= 0.3 is 0 Å². The van der Waals surface area contributed by atoms with Crippen molar-refractivity contribution in [2.75, 3.05) is 0 Å². The van der Waals surface area contributed by atoms with Gasteiger partial charge in [-0.2, -0.15) is 0 Å². The number of rotatable bonds is 3. The first kappa shape index (κ1) is 7.89. The van der Waals surface area contributed by atoms with Crippen molar-refractivity contribution in [1.82, 2.24) is 0 Å². The van der Waals surface area contributed by atoms with Crippen LogP contribution in [0.1, 0.15) is 6.92 Å². The molecule has 1 heteroatoms. The summed E-state index contributed by atoms with van der Waals surface area (Å²) in [5, 5.41) is 0. The average Bonchev–Trinajstić information content (AvgIpc) is 1.85. The minimum Gasteiger partial charge on any atom is -0.265 e. The maximum atomic E-state index is 3.81. The molecule has 0 saturated carbocycles. The monoisotopic (exact) mass is 121 g/mol. The second-order valence-electron chi connectivity index (χ2n) is 1.61. The molecule has 0 aliphatic rings. The van der Waals surface area contributed by atoms with Crippen molar-refractivity contribution in [2.45, 2.75) is 6.92 Å². The molecule has 0 rings (SSSR count). The van der Waals surface area contributed by atoms with Gasteiger partial charge in [0.05, 0.1) is 0 Å². The van der Waals surface area contributed by atoms with Crippen LogP contribution in [-0.2, 0) is 0 Å². The van der Waals surface area contributed by atoms with Gasteiger partial charge in [-0.3, -0.25) is 4.99 Å². The Morgan fingerprint density at radius 2 is 2.11 bits per heavy atom. The predicted molar refractivity (Wildman–Crippen MR) is 42.6 cm³/mol. The Kier molecular flexibility index (Phi) is 4.41. The Bertz CT molecular complexity index is 152. The molecule has 0 aliphatic heterocycles. The molecule has 9 heavy (non-hydrogen) atoms. The molecule has 0 atom stereocenters. The highest BCUT2D eigenvalue weighted by molar-refractivity contribution is 5.78. The summed E-state index contributed by atoms with van der Waals surface area (Å²) in [5.74, 6) is 0. The quantitative estimate of drug-likeness (QED) is 0.401.